The zero-order valence-electron chi connectivity index (χ0n) is 15.0. The number of rotatable bonds is 6. The first-order chi connectivity index (χ1) is 12.5. The van der Waals surface area contributed by atoms with Crippen LogP contribution in [0.5, 0.6) is 0 Å². The molecule has 5 nitrogen and oxygen atoms in total. The molecule has 148 valence electrons. The summed E-state index contributed by atoms with van der Waals surface area (Å²) in [4.78, 5) is 22.3. The second-order valence-corrected chi connectivity index (χ2v) is 7.96. The number of amides is 1. The smallest absolute Gasteiger partial charge is 0.267 e. The first kappa shape index (κ1) is 22.4. The van der Waals surface area contributed by atoms with Crippen molar-refractivity contribution in [3.05, 3.63) is 38.8 Å². The molecule has 0 bridgehead atoms. The molecule has 0 fully saturated rings. The van der Waals surface area contributed by atoms with E-state index in [1.165, 1.54) is 16.7 Å². The zero-order chi connectivity index (χ0) is 18.7. The number of benzene rings is 1. The van der Waals surface area contributed by atoms with Crippen LogP contribution in [-0.2, 0) is 4.79 Å². The van der Waals surface area contributed by atoms with Gasteiger partial charge in [-0.25, -0.2) is 0 Å². The maximum atomic E-state index is 13.4. The Labute approximate surface area is 179 Å². The van der Waals surface area contributed by atoms with E-state index in [1.54, 1.807) is 18.2 Å². The molecule has 2 aliphatic rings. The van der Waals surface area contributed by atoms with Crippen molar-refractivity contribution in [2.75, 3.05) is 31.1 Å². The summed E-state index contributed by atoms with van der Waals surface area (Å²) in [7, 11) is 0. The number of fused-ring (bicyclic) bond motifs is 1. The molecule has 2 heterocycles. The summed E-state index contributed by atoms with van der Waals surface area (Å²) < 4.78 is 0. The Morgan fingerprint density at radius 2 is 2.04 bits per heavy atom. The predicted octanol–water partition coefficient (Wildman–Crippen LogP) is 4.56. The number of anilines is 1. The Hall–Kier alpha value is -0.920. The van der Waals surface area contributed by atoms with Gasteiger partial charge in [0.15, 0.2) is 5.17 Å². The lowest BCUT2D eigenvalue weighted by atomic mass is 10.2. The van der Waals surface area contributed by atoms with Crippen LogP contribution < -0.4 is 4.90 Å². The molecule has 0 saturated carbocycles. The number of aliphatic hydroxyl groups is 1. The second-order valence-electron chi connectivity index (χ2n) is 6.11. The average Bonchev–Trinajstić information content (AvgIpc) is 2.97. The van der Waals surface area contributed by atoms with Gasteiger partial charge in [0.05, 0.1) is 6.61 Å². The molecule has 0 saturated heterocycles. The number of aliphatic imine (C=N–C) groups is 1. The van der Waals surface area contributed by atoms with Gasteiger partial charge in [-0.05, 0) is 42.8 Å². The average molecular weight is 451 g/mol. The molecule has 0 aromatic heterocycles. The molecule has 27 heavy (non-hydrogen) atoms. The van der Waals surface area contributed by atoms with Gasteiger partial charge in [-0.15, -0.1) is 12.4 Å². The van der Waals surface area contributed by atoms with Gasteiger partial charge in [-0.1, -0.05) is 36.5 Å². The SMILES string of the molecule is CCCC1=C(C(=O)N(CCO)c2cc(Cl)cc(Cl)c2)SC2=NCCCN21.Cl. The normalized spacial score (nSPS) is 16.0. The second kappa shape index (κ2) is 10.0. The maximum absolute atomic E-state index is 13.4. The highest BCUT2D eigenvalue weighted by molar-refractivity contribution is 8.18. The van der Waals surface area contributed by atoms with Gasteiger partial charge in [-0.2, -0.15) is 0 Å². The third-order valence-corrected chi connectivity index (χ3v) is 5.79. The summed E-state index contributed by atoms with van der Waals surface area (Å²) in [5, 5.41) is 11.3. The van der Waals surface area contributed by atoms with Crippen LogP contribution in [0.25, 0.3) is 0 Å². The van der Waals surface area contributed by atoms with Crippen LogP contribution >= 0.6 is 47.4 Å². The van der Waals surface area contributed by atoms with Crippen LogP contribution in [0.15, 0.2) is 33.8 Å². The molecular weight excluding hydrogens is 429 g/mol. The Morgan fingerprint density at radius 1 is 1.33 bits per heavy atom. The van der Waals surface area contributed by atoms with Crippen molar-refractivity contribution in [3.8, 4) is 0 Å². The number of thioether (sulfide) groups is 1. The van der Waals surface area contributed by atoms with Gasteiger partial charge in [0.1, 0.15) is 4.91 Å². The number of halogens is 3. The Kier molecular flexibility index (Phi) is 8.31. The Bertz CT molecular complexity index is 750. The summed E-state index contributed by atoms with van der Waals surface area (Å²) in [6.07, 6.45) is 2.75. The lowest BCUT2D eigenvalue weighted by molar-refractivity contribution is -0.114. The molecular formula is C18H22Cl3N3O2S. The molecule has 1 N–H and O–H groups in total. The minimum atomic E-state index is -0.151. The molecule has 0 unspecified atom stereocenters. The van der Waals surface area contributed by atoms with Crippen molar-refractivity contribution >= 4 is 64.1 Å². The van der Waals surface area contributed by atoms with Crippen LogP contribution in [0.1, 0.15) is 26.2 Å². The van der Waals surface area contributed by atoms with Crippen LogP contribution in [-0.4, -0.2) is 47.3 Å². The van der Waals surface area contributed by atoms with Gasteiger partial charge in [0.25, 0.3) is 5.91 Å². The third kappa shape index (κ3) is 4.93. The van der Waals surface area contributed by atoms with Crippen molar-refractivity contribution in [3.63, 3.8) is 0 Å². The third-order valence-electron chi connectivity index (χ3n) is 4.21. The van der Waals surface area contributed by atoms with Crippen molar-refractivity contribution in [2.45, 2.75) is 26.2 Å². The van der Waals surface area contributed by atoms with E-state index in [-0.39, 0.29) is 31.5 Å². The van der Waals surface area contributed by atoms with Crippen LogP contribution in [0.2, 0.25) is 10.0 Å². The van der Waals surface area contributed by atoms with Gasteiger partial charge < -0.3 is 14.9 Å². The van der Waals surface area contributed by atoms with Crippen molar-refractivity contribution in [2.24, 2.45) is 4.99 Å². The lowest BCUT2D eigenvalue weighted by Crippen LogP contribution is -2.34. The quantitative estimate of drug-likeness (QED) is 0.690. The molecule has 0 spiro atoms. The van der Waals surface area contributed by atoms with E-state index >= 15 is 0 Å². The molecule has 1 aromatic rings. The fourth-order valence-corrected chi connectivity index (χ4v) is 4.81. The highest BCUT2D eigenvalue weighted by Gasteiger charge is 2.36. The number of hydrogen-bond donors (Lipinski definition) is 1. The largest absolute Gasteiger partial charge is 0.395 e. The number of hydrogen-bond acceptors (Lipinski definition) is 5. The molecule has 3 rings (SSSR count). The van der Waals surface area contributed by atoms with Crippen LogP contribution in [0.3, 0.4) is 0 Å². The predicted molar refractivity (Wildman–Crippen MR) is 116 cm³/mol. The van der Waals surface area contributed by atoms with E-state index in [0.717, 1.165) is 43.2 Å². The number of allylic oxidation sites excluding steroid dienone is 1. The van der Waals surface area contributed by atoms with Gasteiger partial charge in [0.2, 0.25) is 0 Å². The number of carbonyl (C=O) groups excluding carboxylic acids is 1. The van der Waals surface area contributed by atoms with Crippen molar-refractivity contribution in [1.82, 2.24) is 4.90 Å². The molecule has 0 radical (unpaired) electrons. The molecule has 2 aliphatic heterocycles. The first-order valence-corrected chi connectivity index (χ1v) is 10.2. The van der Waals surface area contributed by atoms with Gasteiger partial charge in [-0.3, -0.25) is 9.79 Å². The van der Waals surface area contributed by atoms with E-state index in [1.807, 2.05) is 0 Å². The summed E-state index contributed by atoms with van der Waals surface area (Å²) in [5.41, 5.74) is 1.61. The van der Waals surface area contributed by atoms with E-state index in [4.69, 9.17) is 23.2 Å². The minimum Gasteiger partial charge on any atom is -0.395 e. The van der Waals surface area contributed by atoms with E-state index in [9.17, 15) is 9.90 Å². The highest BCUT2D eigenvalue weighted by atomic mass is 35.5. The Balaban J connectivity index is 0.00000261. The van der Waals surface area contributed by atoms with Gasteiger partial charge >= 0.3 is 0 Å². The maximum Gasteiger partial charge on any atom is 0.267 e. The lowest BCUT2D eigenvalue weighted by Gasteiger charge is -2.25. The van der Waals surface area contributed by atoms with Crippen LogP contribution in [0, 0.1) is 0 Å². The van der Waals surface area contributed by atoms with Crippen molar-refractivity contribution in [1.29, 1.82) is 0 Å². The summed E-state index contributed by atoms with van der Waals surface area (Å²) in [6.45, 7) is 3.80. The fourth-order valence-electron chi connectivity index (χ4n) is 3.11. The number of aliphatic hydroxyl groups excluding tert-OH is 1. The molecule has 0 atom stereocenters. The van der Waals surface area contributed by atoms with Crippen LogP contribution in [0.4, 0.5) is 5.69 Å². The number of nitrogens with zero attached hydrogens (tertiary/aromatic N) is 3. The molecule has 1 aromatic carbocycles. The van der Waals surface area contributed by atoms with Crippen molar-refractivity contribution < 1.29 is 9.90 Å². The summed E-state index contributed by atoms with van der Waals surface area (Å²) >= 11 is 13.6. The minimum absolute atomic E-state index is 0. The van der Waals surface area contributed by atoms with E-state index in [2.05, 4.69) is 16.8 Å². The number of amidine groups is 1. The standard InChI is InChI=1S/C18H21Cl2N3O2S.ClH/c1-2-4-15-16(26-18-21-5-3-6-23(15)18)17(25)22(7-8-24)14-10-12(19)9-13(20)11-14;/h9-11,24H,2-8H2,1H3;1H. The highest BCUT2D eigenvalue weighted by Crippen LogP contribution is 2.40. The summed E-state index contributed by atoms with van der Waals surface area (Å²) in [5.74, 6) is -0.150. The summed E-state index contributed by atoms with van der Waals surface area (Å²) in [6, 6.07) is 4.99. The first-order valence-electron chi connectivity index (χ1n) is 8.67. The topological polar surface area (TPSA) is 56.1 Å². The van der Waals surface area contributed by atoms with E-state index < -0.39 is 0 Å². The molecule has 9 heteroatoms. The Morgan fingerprint density at radius 3 is 2.67 bits per heavy atom. The molecule has 1 amide bonds. The fraction of sp³-hybridized carbons (Fsp3) is 0.444. The zero-order valence-corrected chi connectivity index (χ0v) is 18.1. The monoisotopic (exact) mass is 449 g/mol. The molecule has 0 aliphatic carbocycles. The number of carbonyl (C=O) groups is 1. The van der Waals surface area contributed by atoms with E-state index in [0.29, 0.717) is 20.6 Å². The van der Waals surface area contributed by atoms with Gasteiger partial charge in [0, 0.05) is 41.1 Å².